The Morgan fingerprint density at radius 1 is 0.603 bits per heavy atom. The van der Waals surface area contributed by atoms with Gasteiger partial charge in [-0.2, -0.15) is 21.6 Å². The molecule has 3 heterocycles. The van der Waals surface area contributed by atoms with Crippen LogP contribution in [0.1, 0.15) is 23.1 Å². The number of amides is 4. The average Bonchev–Trinajstić information content (AvgIpc) is 3.27. The molecule has 0 saturated carbocycles. The largest absolute Gasteiger partial charge is 0.534 e. The lowest BCUT2D eigenvalue weighted by molar-refractivity contribution is -0.0500. The molecule has 68 heavy (non-hydrogen) atoms. The number of benzene rings is 6. The first-order chi connectivity index (χ1) is 32.2. The van der Waals surface area contributed by atoms with Gasteiger partial charge >= 0.3 is 27.7 Å². The number of carbonyl (C=O) groups excluding carboxylic acids is 2. The monoisotopic (exact) mass is 1040 g/mol. The zero-order valence-electron chi connectivity index (χ0n) is 34.4. The highest BCUT2D eigenvalue weighted by atomic mass is 35.5. The number of nitrogens with zero attached hydrogens (tertiary/aromatic N) is 2. The molecule has 3 aliphatic rings. The van der Waals surface area contributed by atoms with Crippen LogP contribution in [0.25, 0.3) is 27.8 Å². The number of urea groups is 2. The topological polar surface area (TPSA) is 120 Å². The lowest BCUT2D eigenvalue weighted by Gasteiger charge is -2.33. The maximum absolute atomic E-state index is 14.9. The number of alkyl halides is 3. The molecule has 0 atom stereocenters. The number of rotatable bonds is 7. The van der Waals surface area contributed by atoms with Crippen LogP contribution in [0.2, 0.25) is 20.1 Å². The number of anilines is 4. The summed E-state index contributed by atoms with van der Waals surface area (Å²) in [6.07, 6.45) is 2.86. The first-order valence-electron chi connectivity index (χ1n) is 19.9. The highest BCUT2D eigenvalue weighted by Gasteiger charge is 2.49. The Morgan fingerprint density at radius 2 is 1.07 bits per heavy atom. The van der Waals surface area contributed by atoms with Gasteiger partial charge in [0.25, 0.3) is 0 Å². The van der Waals surface area contributed by atoms with Crippen molar-refractivity contribution < 1.29 is 52.9 Å². The smallest absolute Gasteiger partial charge is 0.376 e. The van der Waals surface area contributed by atoms with Gasteiger partial charge in [0.15, 0.2) is 0 Å². The zero-order chi connectivity index (χ0) is 48.8. The summed E-state index contributed by atoms with van der Waals surface area (Å²) in [5.41, 5.74) is -1.98. The fraction of sp³-hybridized carbons (Fsp3) is 0.130. The van der Waals surface area contributed by atoms with E-state index in [9.17, 15) is 48.7 Å². The molecule has 0 aromatic heterocycles. The van der Waals surface area contributed by atoms with E-state index in [1.165, 1.54) is 35.2 Å². The van der Waals surface area contributed by atoms with Gasteiger partial charge in [0.1, 0.15) is 29.0 Å². The molecule has 352 valence electrons. The summed E-state index contributed by atoms with van der Waals surface area (Å²) in [5, 5.41) is 9.19. The Labute approximate surface area is 402 Å². The van der Waals surface area contributed by atoms with Crippen LogP contribution in [0.5, 0.6) is 5.75 Å². The van der Waals surface area contributed by atoms with Crippen molar-refractivity contribution in [3.05, 3.63) is 163 Å². The quantitative estimate of drug-likeness (QED) is 0.0832. The predicted octanol–water partition coefficient (Wildman–Crippen LogP) is 13.2. The molecule has 0 fully saturated rings. The van der Waals surface area contributed by atoms with Gasteiger partial charge in [0.2, 0.25) is 0 Å². The molecule has 6 aromatic rings. The summed E-state index contributed by atoms with van der Waals surface area (Å²) < 4.78 is 123. The van der Waals surface area contributed by atoms with E-state index in [1.807, 2.05) is 12.1 Å². The van der Waals surface area contributed by atoms with E-state index in [-0.39, 0.29) is 62.8 Å². The van der Waals surface area contributed by atoms with Crippen LogP contribution in [0.3, 0.4) is 0 Å². The van der Waals surface area contributed by atoms with Crippen LogP contribution >= 0.6 is 46.4 Å². The van der Waals surface area contributed by atoms with E-state index in [1.54, 1.807) is 18.2 Å². The SMILES string of the molecule is O=C1NCc2c(-c3ccc(F)cc3F)cc(C3=CCNCC3)cc2N1c1c(Cl)cccc1Cl.O=C1NCc2c(-c3ccc(F)cc3F)cc(OS(=O)(=O)C(F)(F)F)cc2N1c1c(Cl)cccc1Cl. The van der Waals surface area contributed by atoms with E-state index in [2.05, 4.69) is 26.2 Å². The molecule has 0 unspecified atom stereocenters. The van der Waals surface area contributed by atoms with Crippen LogP contribution in [-0.4, -0.2) is 39.1 Å². The number of para-hydroxylation sites is 2. The Kier molecular flexibility index (Phi) is 13.7. The summed E-state index contributed by atoms with van der Waals surface area (Å²) >= 11 is 25.3. The fourth-order valence-corrected chi connectivity index (χ4v) is 9.38. The molecular weight excluding hydrogens is 1010 g/mol. The first-order valence-corrected chi connectivity index (χ1v) is 22.9. The Bertz CT molecular complexity index is 3160. The van der Waals surface area contributed by atoms with Gasteiger partial charge in [-0.3, -0.25) is 9.80 Å². The van der Waals surface area contributed by atoms with Gasteiger partial charge in [-0.1, -0.05) is 64.6 Å². The molecular formula is C46H30Cl4F7N5O5S. The fourth-order valence-electron chi connectivity index (χ4n) is 7.80. The van der Waals surface area contributed by atoms with Crippen molar-refractivity contribution >= 4 is 96.9 Å². The summed E-state index contributed by atoms with van der Waals surface area (Å²) in [6, 6.07) is 19.5. The molecule has 3 N–H and O–H groups in total. The third-order valence-corrected chi connectivity index (χ3v) is 13.0. The Morgan fingerprint density at radius 3 is 1.51 bits per heavy atom. The van der Waals surface area contributed by atoms with Gasteiger partial charge < -0.3 is 20.1 Å². The number of halogens is 11. The highest BCUT2D eigenvalue weighted by molar-refractivity contribution is 7.88. The van der Waals surface area contributed by atoms with Gasteiger partial charge in [-0.15, -0.1) is 0 Å². The van der Waals surface area contributed by atoms with Crippen LogP contribution in [-0.2, 0) is 23.2 Å². The molecule has 0 bridgehead atoms. The van der Waals surface area contributed by atoms with Gasteiger partial charge in [-0.25, -0.2) is 27.2 Å². The normalized spacial score (nSPS) is 14.8. The number of nitrogens with one attached hydrogen (secondary N) is 3. The second kappa shape index (κ2) is 19.2. The predicted molar refractivity (Wildman–Crippen MR) is 246 cm³/mol. The molecule has 0 saturated heterocycles. The minimum atomic E-state index is -6.13. The molecule has 9 rings (SSSR count). The van der Waals surface area contributed by atoms with E-state index in [4.69, 9.17) is 46.4 Å². The van der Waals surface area contributed by atoms with Crippen molar-refractivity contribution in [3.8, 4) is 28.0 Å². The maximum Gasteiger partial charge on any atom is 0.534 e. The minimum absolute atomic E-state index is 0.0238. The summed E-state index contributed by atoms with van der Waals surface area (Å²) in [5.74, 6) is -4.23. The number of hydrogen-bond donors (Lipinski definition) is 3. The lowest BCUT2D eigenvalue weighted by Crippen LogP contribution is -2.41. The number of carbonyl (C=O) groups is 2. The highest BCUT2D eigenvalue weighted by Crippen LogP contribution is 2.48. The molecule has 6 aromatic carbocycles. The van der Waals surface area contributed by atoms with Gasteiger partial charge in [0.05, 0.1) is 42.8 Å². The molecule has 0 aliphatic carbocycles. The lowest BCUT2D eigenvalue weighted by atomic mass is 9.89. The third-order valence-electron chi connectivity index (χ3n) is 10.8. The summed E-state index contributed by atoms with van der Waals surface area (Å²) in [4.78, 5) is 28.2. The van der Waals surface area contributed by atoms with Gasteiger partial charge in [0, 0.05) is 60.1 Å². The molecule has 0 spiro atoms. The van der Waals surface area contributed by atoms with Crippen LogP contribution in [0, 0.1) is 23.3 Å². The standard InChI is InChI=1S/C25H19Cl2F2N3O.C21H11Cl2F5N2O4S/c26-20-2-1-3-21(27)24(20)32-23-11-15(14-6-8-30-9-7-14)10-18(19(23)13-31-25(32)33)17-5-4-16(28)12-22(17)29;22-15-2-1-3-16(23)19(15)30-18-8-11(34-35(32,33)21(26,27)28)7-13(14(18)9-29-20(30)31)12-5-4-10(24)6-17(12)25/h1-6,10-12,30H,7-9,13H2,(H,31,33);1-8H,9H2,(H,29,31). The molecule has 22 heteroatoms. The molecule has 3 aliphatic heterocycles. The van der Waals surface area contributed by atoms with Crippen molar-refractivity contribution in [1.82, 2.24) is 16.0 Å². The third kappa shape index (κ3) is 9.53. The van der Waals surface area contributed by atoms with Gasteiger partial charge in [-0.05, 0) is 102 Å². The second-order valence-corrected chi connectivity index (χ2v) is 18.2. The second-order valence-electron chi connectivity index (χ2n) is 15.0. The number of hydrogen-bond acceptors (Lipinski definition) is 6. The van der Waals surface area contributed by atoms with E-state index >= 15 is 0 Å². The van der Waals surface area contributed by atoms with E-state index in [0.29, 0.717) is 45.2 Å². The minimum Gasteiger partial charge on any atom is -0.376 e. The first kappa shape index (κ1) is 48.4. The van der Waals surface area contributed by atoms with Crippen molar-refractivity contribution in [3.63, 3.8) is 0 Å². The van der Waals surface area contributed by atoms with Crippen LogP contribution in [0.4, 0.5) is 63.1 Å². The summed E-state index contributed by atoms with van der Waals surface area (Å²) in [7, 11) is -6.13. The molecule has 4 amide bonds. The molecule has 10 nitrogen and oxygen atoms in total. The number of fused-ring (bicyclic) bond motifs is 2. The van der Waals surface area contributed by atoms with Crippen molar-refractivity contribution in [2.24, 2.45) is 0 Å². The van der Waals surface area contributed by atoms with Crippen LogP contribution < -0.4 is 29.9 Å². The average molecular weight is 1040 g/mol. The van der Waals surface area contributed by atoms with E-state index in [0.717, 1.165) is 59.3 Å². The van der Waals surface area contributed by atoms with Crippen molar-refractivity contribution in [2.45, 2.75) is 25.0 Å². The zero-order valence-corrected chi connectivity index (χ0v) is 38.2. The van der Waals surface area contributed by atoms with Crippen molar-refractivity contribution in [2.75, 3.05) is 22.9 Å². The van der Waals surface area contributed by atoms with Crippen molar-refractivity contribution in [1.29, 1.82) is 0 Å². The Balaban J connectivity index is 0.000000184. The summed E-state index contributed by atoms with van der Waals surface area (Å²) in [6.45, 7) is 1.46. The molecule has 0 radical (unpaired) electrons. The maximum atomic E-state index is 14.9. The van der Waals surface area contributed by atoms with E-state index < -0.39 is 50.7 Å². The van der Waals surface area contributed by atoms with Crippen LogP contribution in [0.15, 0.2) is 103 Å². The Hall–Kier alpha value is -6.02.